The minimum atomic E-state index is -0.482. The van der Waals surface area contributed by atoms with Crippen molar-refractivity contribution in [1.82, 2.24) is 24.7 Å². The Labute approximate surface area is 198 Å². The summed E-state index contributed by atoms with van der Waals surface area (Å²) in [4.78, 5) is 31.8. The predicted octanol–water partition coefficient (Wildman–Crippen LogP) is 4.25. The van der Waals surface area contributed by atoms with E-state index in [0.29, 0.717) is 33.2 Å². The van der Waals surface area contributed by atoms with Crippen molar-refractivity contribution in [1.29, 1.82) is 0 Å². The maximum absolute atomic E-state index is 12.6. The van der Waals surface area contributed by atoms with Gasteiger partial charge in [-0.05, 0) is 30.3 Å². The van der Waals surface area contributed by atoms with Gasteiger partial charge in [-0.2, -0.15) is 0 Å². The van der Waals surface area contributed by atoms with E-state index in [4.69, 9.17) is 4.74 Å². The highest BCUT2D eigenvalue weighted by atomic mass is 32.2. The highest BCUT2D eigenvalue weighted by Gasteiger charge is 2.17. The molecule has 5 aromatic rings. The number of H-pyrrole nitrogens is 1. The van der Waals surface area contributed by atoms with Gasteiger partial charge >= 0.3 is 5.97 Å². The number of fused-ring (bicyclic) bond motifs is 1. The fourth-order valence-electron chi connectivity index (χ4n) is 3.58. The number of methoxy groups -OCH3 is 1. The first-order chi connectivity index (χ1) is 16.6. The normalized spacial score (nSPS) is 11.0. The fraction of sp³-hybridized carbons (Fsp3) is 0.0800. The topological polar surface area (TPSA) is 103 Å². The molecule has 34 heavy (non-hydrogen) atoms. The van der Waals surface area contributed by atoms with Crippen LogP contribution in [0.2, 0.25) is 0 Å². The Balaban J connectivity index is 1.50. The molecule has 0 unspecified atom stereocenters. The number of hydrogen-bond donors (Lipinski definition) is 1. The van der Waals surface area contributed by atoms with Gasteiger partial charge in [0.1, 0.15) is 5.82 Å². The van der Waals surface area contributed by atoms with Gasteiger partial charge in [0.15, 0.2) is 11.0 Å². The molecule has 0 aliphatic carbocycles. The van der Waals surface area contributed by atoms with E-state index < -0.39 is 5.97 Å². The van der Waals surface area contributed by atoms with Crippen LogP contribution < -0.4 is 5.56 Å². The molecule has 0 aliphatic rings. The Morgan fingerprint density at radius 1 is 1.00 bits per heavy atom. The van der Waals surface area contributed by atoms with Crippen LogP contribution in [0.4, 0.5) is 0 Å². The van der Waals surface area contributed by atoms with Crippen LogP contribution >= 0.6 is 11.8 Å². The monoisotopic (exact) mass is 469 g/mol. The van der Waals surface area contributed by atoms with Crippen LogP contribution in [0.25, 0.3) is 28.0 Å². The Kier molecular flexibility index (Phi) is 5.92. The van der Waals surface area contributed by atoms with Crippen molar-refractivity contribution >= 4 is 28.6 Å². The van der Waals surface area contributed by atoms with Crippen LogP contribution in [0, 0.1) is 0 Å². The molecule has 1 N–H and O–H groups in total. The zero-order chi connectivity index (χ0) is 23.5. The van der Waals surface area contributed by atoms with Crippen LogP contribution in [0.3, 0.4) is 0 Å². The third-order valence-electron chi connectivity index (χ3n) is 5.19. The van der Waals surface area contributed by atoms with E-state index >= 15 is 0 Å². The van der Waals surface area contributed by atoms with Crippen molar-refractivity contribution in [3.8, 4) is 17.1 Å². The second kappa shape index (κ2) is 9.32. The molecule has 5 rings (SSSR count). The molecule has 0 spiro atoms. The van der Waals surface area contributed by atoms with Crippen molar-refractivity contribution in [2.45, 2.75) is 10.9 Å². The molecule has 0 amide bonds. The van der Waals surface area contributed by atoms with Crippen LogP contribution in [0.5, 0.6) is 0 Å². The van der Waals surface area contributed by atoms with Gasteiger partial charge in [0.2, 0.25) is 0 Å². The van der Waals surface area contributed by atoms with E-state index in [-0.39, 0.29) is 5.56 Å². The zero-order valence-corrected chi connectivity index (χ0v) is 19.0. The number of benzene rings is 3. The molecule has 0 radical (unpaired) electrons. The SMILES string of the molecule is COC(=O)c1ccc2c(=O)[nH]c(CSc3nnc(-c4ccccc4)n3-c3ccccc3)nc2c1. The lowest BCUT2D eigenvalue weighted by Gasteiger charge is -2.10. The number of nitrogens with one attached hydrogen (secondary N) is 1. The summed E-state index contributed by atoms with van der Waals surface area (Å²) in [6, 6.07) is 24.4. The second-order valence-electron chi connectivity index (χ2n) is 7.37. The number of rotatable bonds is 6. The lowest BCUT2D eigenvalue weighted by Crippen LogP contribution is -2.12. The molecular formula is C25H19N5O3S. The maximum atomic E-state index is 12.6. The van der Waals surface area contributed by atoms with Crippen molar-refractivity contribution in [3.05, 3.63) is 101 Å². The number of carbonyl (C=O) groups is 1. The highest BCUT2D eigenvalue weighted by molar-refractivity contribution is 7.98. The van der Waals surface area contributed by atoms with Crippen molar-refractivity contribution in [3.63, 3.8) is 0 Å². The summed E-state index contributed by atoms with van der Waals surface area (Å²) in [6.45, 7) is 0. The first-order valence-electron chi connectivity index (χ1n) is 10.4. The molecular weight excluding hydrogens is 450 g/mol. The summed E-state index contributed by atoms with van der Waals surface area (Å²) < 4.78 is 6.75. The van der Waals surface area contributed by atoms with Gasteiger partial charge in [-0.1, -0.05) is 60.3 Å². The largest absolute Gasteiger partial charge is 0.465 e. The zero-order valence-electron chi connectivity index (χ0n) is 18.1. The number of thioether (sulfide) groups is 1. The average molecular weight is 470 g/mol. The molecule has 0 saturated carbocycles. The quantitative estimate of drug-likeness (QED) is 0.293. The third kappa shape index (κ3) is 4.20. The Morgan fingerprint density at radius 3 is 2.47 bits per heavy atom. The fourth-order valence-corrected chi connectivity index (χ4v) is 4.40. The van der Waals surface area contributed by atoms with E-state index in [1.165, 1.54) is 18.9 Å². The van der Waals surface area contributed by atoms with Gasteiger partial charge in [0, 0.05) is 11.3 Å². The molecule has 9 heteroatoms. The van der Waals surface area contributed by atoms with Gasteiger partial charge in [0.25, 0.3) is 5.56 Å². The average Bonchev–Trinajstić information content (AvgIpc) is 3.31. The first kappa shape index (κ1) is 21.6. The number of esters is 1. The van der Waals surface area contributed by atoms with Gasteiger partial charge in [-0.15, -0.1) is 10.2 Å². The standard InChI is InChI=1S/C25H19N5O3S/c1-33-24(32)17-12-13-19-20(14-17)26-21(27-23(19)31)15-34-25-29-28-22(16-8-4-2-5-9-16)30(25)18-10-6-3-7-11-18/h2-14H,15H2,1H3,(H,26,27,31). The minimum Gasteiger partial charge on any atom is -0.465 e. The van der Waals surface area contributed by atoms with Crippen LogP contribution in [0.15, 0.2) is 88.8 Å². The second-order valence-corrected chi connectivity index (χ2v) is 8.31. The summed E-state index contributed by atoms with van der Waals surface area (Å²) in [7, 11) is 1.31. The van der Waals surface area contributed by atoms with Crippen LogP contribution in [-0.2, 0) is 10.5 Å². The summed E-state index contributed by atoms with van der Waals surface area (Å²) in [5.41, 5.74) is 2.36. The summed E-state index contributed by atoms with van der Waals surface area (Å²) >= 11 is 1.41. The Bertz CT molecular complexity index is 1530. The number of nitrogens with zero attached hydrogens (tertiary/aromatic N) is 4. The molecule has 0 atom stereocenters. The number of ether oxygens (including phenoxy) is 1. The first-order valence-corrected chi connectivity index (χ1v) is 11.4. The van der Waals surface area contributed by atoms with E-state index in [9.17, 15) is 9.59 Å². The molecule has 0 aliphatic heterocycles. The minimum absolute atomic E-state index is 0.272. The molecule has 2 heterocycles. The molecule has 0 fully saturated rings. The molecule has 3 aromatic carbocycles. The number of para-hydroxylation sites is 1. The predicted molar refractivity (Wildman–Crippen MR) is 130 cm³/mol. The number of aromatic nitrogens is 5. The van der Waals surface area contributed by atoms with E-state index in [1.807, 2.05) is 65.2 Å². The van der Waals surface area contributed by atoms with E-state index in [0.717, 1.165) is 17.1 Å². The summed E-state index contributed by atoms with van der Waals surface area (Å²) in [6.07, 6.45) is 0. The van der Waals surface area contributed by atoms with Gasteiger partial charge in [-0.25, -0.2) is 9.78 Å². The van der Waals surface area contributed by atoms with Crippen LogP contribution in [-0.4, -0.2) is 37.8 Å². The molecule has 2 aromatic heterocycles. The van der Waals surface area contributed by atoms with Crippen molar-refractivity contribution in [2.75, 3.05) is 7.11 Å². The lowest BCUT2D eigenvalue weighted by molar-refractivity contribution is 0.0601. The van der Waals surface area contributed by atoms with Crippen molar-refractivity contribution < 1.29 is 9.53 Å². The molecule has 168 valence electrons. The van der Waals surface area contributed by atoms with Gasteiger partial charge in [-0.3, -0.25) is 9.36 Å². The Hall–Kier alpha value is -4.24. The van der Waals surface area contributed by atoms with E-state index in [1.54, 1.807) is 18.2 Å². The molecule has 0 saturated heterocycles. The Morgan fingerprint density at radius 2 is 1.74 bits per heavy atom. The van der Waals surface area contributed by atoms with Gasteiger partial charge in [0.05, 0.1) is 29.3 Å². The molecule has 8 nitrogen and oxygen atoms in total. The summed E-state index contributed by atoms with van der Waals surface area (Å²) in [5.74, 6) is 1.06. The number of carbonyl (C=O) groups excluding carboxylic acids is 1. The lowest BCUT2D eigenvalue weighted by atomic mass is 10.1. The van der Waals surface area contributed by atoms with Crippen molar-refractivity contribution in [2.24, 2.45) is 0 Å². The molecule has 0 bridgehead atoms. The smallest absolute Gasteiger partial charge is 0.337 e. The number of aromatic amines is 1. The highest BCUT2D eigenvalue weighted by Crippen LogP contribution is 2.29. The van der Waals surface area contributed by atoms with Crippen LogP contribution in [0.1, 0.15) is 16.2 Å². The summed E-state index contributed by atoms with van der Waals surface area (Å²) in [5, 5.41) is 9.91. The van der Waals surface area contributed by atoms with Gasteiger partial charge < -0.3 is 9.72 Å². The maximum Gasteiger partial charge on any atom is 0.337 e. The number of hydrogen-bond acceptors (Lipinski definition) is 7. The third-order valence-corrected chi connectivity index (χ3v) is 6.13. The van der Waals surface area contributed by atoms with E-state index in [2.05, 4.69) is 20.2 Å².